The largest absolute Gasteiger partial charge is 0.493 e. The van der Waals surface area contributed by atoms with Crippen molar-refractivity contribution in [2.75, 3.05) is 24.9 Å². The van der Waals surface area contributed by atoms with E-state index in [1.807, 2.05) is 54.7 Å². The van der Waals surface area contributed by atoms with Crippen molar-refractivity contribution in [3.63, 3.8) is 0 Å². The lowest BCUT2D eigenvalue weighted by Gasteiger charge is -2.12. The van der Waals surface area contributed by atoms with Crippen molar-refractivity contribution in [2.45, 2.75) is 6.18 Å². The Morgan fingerprint density at radius 1 is 0.829 bits per heavy atom. The van der Waals surface area contributed by atoms with Gasteiger partial charge < -0.3 is 20.1 Å². The summed E-state index contributed by atoms with van der Waals surface area (Å²) in [7, 11) is 3.17. The predicted octanol–water partition coefficient (Wildman–Crippen LogP) is 6.38. The zero-order valence-corrected chi connectivity index (χ0v) is 19.6. The summed E-state index contributed by atoms with van der Waals surface area (Å²) in [6, 6.07) is 19.5. The van der Waals surface area contributed by atoms with Crippen LogP contribution in [-0.4, -0.2) is 29.1 Å². The maximum absolute atomic E-state index is 12.7. The smallest absolute Gasteiger partial charge is 0.416 e. The molecule has 3 aromatic carbocycles. The molecule has 0 amide bonds. The highest BCUT2D eigenvalue weighted by molar-refractivity contribution is 7.80. The van der Waals surface area contributed by atoms with Gasteiger partial charge in [0.25, 0.3) is 0 Å². The van der Waals surface area contributed by atoms with Gasteiger partial charge in [-0.15, -0.1) is 0 Å². The van der Waals surface area contributed by atoms with Crippen LogP contribution < -0.4 is 20.1 Å². The SMILES string of the molecule is COc1ccc(-c2ccn(-c3ccc(NC(=S)Nc4ccc(C(F)(F)F)cc4)cc3)n2)cc1OC. The number of nitrogens with zero attached hydrogens (tertiary/aromatic N) is 2. The topological polar surface area (TPSA) is 60.3 Å². The highest BCUT2D eigenvalue weighted by Crippen LogP contribution is 2.32. The third kappa shape index (κ3) is 5.72. The van der Waals surface area contributed by atoms with Crippen LogP contribution in [0.5, 0.6) is 11.5 Å². The number of hydrogen-bond acceptors (Lipinski definition) is 4. The van der Waals surface area contributed by atoms with Crippen molar-refractivity contribution in [1.29, 1.82) is 0 Å². The Hall–Kier alpha value is -4.05. The number of alkyl halides is 3. The zero-order valence-electron chi connectivity index (χ0n) is 18.8. The summed E-state index contributed by atoms with van der Waals surface area (Å²) in [5.41, 5.74) is 2.94. The van der Waals surface area contributed by atoms with E-state index in [0.717, 1.165) is 29.1 Å². The minimum Gasteiger partial charge on any atom is -0.493 e. The highest BCUT2D eigenvalue weighted by Gasteiger charge is 2.29. The van der Waals surface area contributed by atoms with Crippen LogP contribution in [0.25, 0.3) is 16.9 Å². The molecular formula is C25H21F3N4O2S. The van der Waals surface area contributed by atoms with Gasteiger partial charge in [-0.05, 0) is 85.0 Å². The van der Waals surface area contributed by atoms with Crippen molar-refractivity contribution in [2.24, 2.45) is 0 Å². The van der Waals surface area contributed by atoms with Crippen molar-refractivity contribution < 1.29 is 22.6 Å². The van der Waals surface area contributed by atoms with Crippen LogP contribution in [0.2, 0.25) is 0 Å². The number of halogens is 3. The molecule has 0 unspecified atom stereocenters. The van der Waals surface area contributed by atoms with E-state index in [1.54, 1.807) is 18.9 Å². The highest BCUT2D eigenvalue weighted by atomic mass is 32.1. The molecule has 0 aliphatic rings. The summed E-state index contributed by atoms with van der Waals surface area (Å²) < 4.78 is 50.5. The van der Waals surface area contributed by atoms with Crippen molar-refractivity contribution in [3.8, 4) is 28.4 Å². The van der Waals surface area contributed by atoms with Gasteiger partial charge in [0.05, 0.1) is 31.2 Å². The van der Waals surface area contributed by atoms with Crippen molar-refractivity contribution in [1.82, 2.24) is 9.78 Å². The zero-order chi connectivity index (χ0) is 25.0. The van der Waals surface area contributed by atoms with Gasteiger partial charge in [0, 0.05) is 23.1 Å². The first-order chi connectivity index (χ1) is 16.8. The van der Waals surface area contributed by atoms with Gasteiger partial charge in [-0.3, -0.25) is 0 Å². The first-order valence-electron chi connectivity index (χ1n) is 10.4. The average Bonchev–Trinajstić information content (AvgIpc) is 3.34. The third-order valence-corrected chi connectivity index (χ3v) is 5.33. The van der Waals surface area contributed by atoms with E-state index in [1.165, 1.54) is 12.1 Å². The van der Waals surface area contributed by atoms with Gasteiger partial charge in [-0.2, -0.15) is 18.3 Å². The second-order valence-electron chi connectivity index (χ2n) is 7.42. The molecule has 0 fully saturated rings. The molecule has 4 aromatic rings. The molecule has 0 saturated carbocycles. The number of ether oxygens (including phenoxy) is 2. The molecule has 10 heteroatoms. The molecule has 0 bridgehead atoms. The van der Waals surface area contributed by atoms with Crippen molar-refractivity contribution in [3.05, 3.63) is 84.6 Å². The standard InChI is InChI=1S/C25H21F3N4O2S/c1-33-22-12-3-16(15-23(22)34-2)21-13-14-32(31-21)20-10-8-19(9-11-20)30-24(35)29-18-6-4-17(5-7-18)25(26,27)28/h3-15H,1-2H3,(H2,29,30,35). The van der Waals surface area contributed by atoms with E-state index in [4.69, 9.17) is 21.7 Å². The number of rotatable bonds is 6. The molecule has 0 spiro atoms. The number of hydrogen-bond donors (Lipinski definition) is 2. The number of methoxy groups -OCH3 is 2. The van der Waals surface area contributed by atoms with E-state index in [2.05, 4.69) is 15.7 Å². The quantitative estimate of drug-likeness (QED) is 0.301. The molecule has 35 heavy (non-hydrogen) atoms. The van der Waals surface area contributed by atoms with Gasteiger partial charge in [0.2, 0.25) is 0 Å². The predicted molar refractivity (Wildman–Crippen MR) is 133 cm³/mol. The Labute approximate surface area is 205 Å². The summed E-state index contributed by atoms with van der Waals surface area (Å²) in [6.07, 6.45) is -2.53. The molecule has 6 nitrogen and oxygen atoms in total. The summed E-state index contributed by atoms with van der Waals surface area (Å²) in [4.78, 5) is 0. The van der Waals surface area contributed by atoms with E-state index in [-0.39, 0.29) is 5.11 Å². The van der Waals surface area contributed by atoms with E-state index >= 15 is 0 Å². The summed E-state index contributed by atoms with van der Waals surface area (Å²) in [5.74, 6) is 1.26. The van der Waals surface area contributed by atoms with Gasteiger partial charge in [0.1, 0.15) is 0 Å². The Morgan fingerprint density at radius 3 is 2.00 bits per heavy atom. The first-order valence-corrected chi connectivity index (χ1v) is 10.8. The lowest BCUT2D eigenvalue weighted by molar-refractivity contribution is -0.137. The molecule has 0 atom stereocenters. The molecule has 180 valence electrons. The molecule has 0 aliphatic heterocycles. The molecular weight excluding hydrogens is 477 g/mol. The second kappa shape index (κ2) is 10.1. The lowest BCUT2D eigenvalue weighted by Crippen LogP contribution is -2.19. The van der Waals surface area contributed by atoms with Gasteiger partial charge >= 0.3 is 6.18 Å². The lowest BCUT2D eigenvalue weighted by atomic mass is 10.1. The van der Waals surface area contributed by atoms with Crippen LogP contribution in [0.4, 0.5) is 24.5 Å². The first kappa shape index (κ1) is 24.1. The van der Waals surface area contributed by atoms with Gasteiger partial charge in [-0.25, -0.2) is 4.68 Å². The average molecular weight is 499 g/mol. The molecule has 4 rings (SSSR count). The third-order valence-electron chi connectivity index (χ3n) is 5.13. The minimum absolute atomic E-state index is 0.257. The number of benzene rings is 3. The summed E-state index contributed by atoms with van der Waals surface area (Å²) in [6.45, 7) is 0. The summed E-state index contributed by atoms with van der Waals surface area (Å²) >= 11 is 5.27. The van der Waals surface area contributed by atoms with E-state index in [0.29, 0.717) is 22.9 Å². The Morgan fingerprint density at radius 2 is 1.43 bits per heavy atom. The number of anilines is 2. The summed E-state index contributed by atoms with van der Waals surface area (Å²) in [5, 5.41) is 10.8. The maximum atomic E-state index is 12.7. The molecule has 2 N–H and O–H groups in total. The number of thiocarbonyl (C=S) groups is 1. The fourth-order valence-electron chi connectivity index (χ4n) is 3.35. The van der Waals surface area contributed by atoms with Crippen molar-refractivity contribution >= 4 is 28.7 Å². The van der Waals surface area contributed by atoms with Crippen LogP contribution in [0.1, 0.15) is 5.56 Å². The molecule has 1 heterocycles. The van der Waals surface area contributed by atoms with Crippen LogP contribution >= 0.6 is 12.2 Å². The Balaban J connectivity index is 1.40. The fraction of sp³-hybridized carbons (Fsp3) is 0.120. The van der Waals surface area contributed by atoms with Crippen LogP contribution in [0, 0.1) is 0 Å². The maximum Gasteiger partial charge on any atom is 0.416 e. The molecule has 0 saturated heterocycles. The van der Waals surface area contributed by atoms with Gasteiger partial charge in [0.15, 0.2) is 16.6 Å². The van der Waals surface area contributed by atoms with E-state index < -0.39 is 11.7 Å². The Kier molecular flexibility index (Phi) is 6.92. The molecule has 0 radical (unpaired) electrons. The minimum atomic E-state index is -4.38. The monoisotopic (exact) mass is 498 g/mol. The van der Waals surface area contributed by atoms with Gasteiger partial charge in [-0.1, -0.05) is 0 Å². The molecule has 1 aromatic heterocycles. The van der Waals surface area contributed by atoms with E-state index in [9.17, 15) is 13.2 Å². The van der Waals surface area contributed by atoms with Crippen LogP contribution in [-0.2, 0) is 6.18 Å². The number of aromatic nitrogens is 2. The second-order valence-corrected chi connectivity index (χ2v) is 7.82. The number of nitrogens with one attached hydrogen (secondary N) is 2. The Bertz CT molecular complexity index is 1320. The fourth-order valence-corrected chi connectivity index (χ4v) is 3.59. The van der Waals surface area contributed by atoms with Crippen LogP contribution in [0.3, 0.4) is 0 Å². The normalized spacial score (nSPS) is 11.1. The molecule has 0 aliphatic carbocycles. The van der Waals surface area contributed by atoms with Crippen LogP contribution in [0.15, 0.2) is 79.0 Å².